The molecule has 3 aromatic heterocycles. The van der Waals surface area contributed by atoms with Gasteiger partial charge < -0.3 is 10.6 Å². The highest BCUT2D eigenvalue weighted by Crippen LogP contribution is 2.28. The van der Waals surface area contributed by atoms with Crippen molar-refractivity contribution in [2.45, 2.75) is 25.8 Å². The Bertz CT molecular complexity index is 833. The van der Waals surface area contributed by atoms with Gasteiger partial charge >= 0.3 is 0 Å². The topological polar surface area (TPSA) is 62.7 Å². The molecule has 1 unspecified atom stereocenters. The van der Waals surface area contributed by atoms with Crippen molar-refractivity contribution in [1.82, 2.24) is 20.3 Å². The van der Waals surface area contributed by atoms with Gasteiger partial charge in [0.1, 0.15) is 11.5 Å². The van der Waals surface area contributed by atoms with Crippen LogP contribution in [0.3, 0.4) is 0 Å². The Morgan fingerprint density at radius 2 is 2.04 bits per heavy atom. The van der Waals surface area contributed by atoms with E-state index in [0.29, 0.717) is 5.82 Å². The first-order valence-corrected chi connectivity index (χ1v) is 9.51. The molecule has 5 nitrogen and oxygen atoms in total. The first-order valence-electron chi connectivity index (χ1n) is 8.63. The molecule has 6 heteroatoms. The standard InChI is InChI=1S/C19H21N5S/c1-13(17-6-4-12-25-17)22-18-14-7-10-20-11-8-15(14)23-19(24-18)16-5-2-3-9-21-16/h2-6,9,12-13,20H,7-8,10-11H2,1H3,(H,22,23,24). The van der Waals surface area contributed by atoms with Crippen molar-refractivity contribution in [2.24, 2.45) is 0 Å². The Hall–Kier alpha value is -2.31. The van der Waals surface area contributed by atoms with E-state index in [4.69, 9.17) is 9.97 Å². The molecule has 0 aliphatic carbocycles. The number of hydrogen-bond donors (Lipinski definition) is 2. The molecule has 0 spiro atoms. The number of fused-ring (bicyclic) bond motifs is 1. The van der Waals surface area contributed by atoms with Crippen LogP contribution in [0.15, 0.2) is 41.9 Å². The Balaban J connectivity index is 1.75. The Labute approximate surface area is 151 Å². The molecule has 0 saturated heterocycles. The summed E-state index contributed by atoms with van der Waals surface area (Å²) in [5, 5.41) is 9.17. The van der Waals surface area contributed by atoms with Gasteiger partial charge in [0.2, 0.25) is 0 Å². The molecule has 1 aliphatic rings. The largest absolute Gasteiger partial charge is 0.362 e. The van der Waals surface area contributed by atoms with Gasteiger partial charge in [0.25, 0.3) is 0 Å². The minimum Gasteiger partial charge on any atom is -0.362 e. The summed E-state index contributed by atoms with van der Waals surface area (Å²) in [6.45, 7) is 4.09. The van der Waals surface area contributed by atoms with Crippen molar-refractivity contribution in [1.29, 1.82) is 0 Å². The molecule has 3 aromatic rings. The van der Waals surface area contributed by atoms with Gasteiger partial charge in [0.15, 0.2) is 5.82 Å². The highest BCUT2D eigenvalue weighted by atomic mass is 32.1. The third kappa shape index (κ3) is 3.55. The van der Waals surface area contributed by atoms with Crippen molar-refractivity contribution in [3.63, 3.8) is 0 Å². The maximum absolute atomic E-state index is 4.84. The smallest absolute Gasteiger partial charge is 0.180 e. The fourth-order valence-electron chi connectivity index (χ4n) is 3.09. The summed E-state index contributed by atoms with van der Waals surface area (Å²) in [4.78, 5) is 15.4. The van der Waals surface area contributed by atoms with Crippen LogP contribution >= 0.6 is 11.3 Å². The van der Waals surface area contributed by atoms with E-state index >= 15 is 0 Å². The molecular formula is C19H21N5S. The molecule has 0 radical (unpaired) electrons. The summed E-state index contributed by atoms with van der Waals surface area (Å²) in [5.74, 6) is 1.64. The van der Waals surface area contributed by atoms with Gasteiger partial charge in [-0.3, -0.25) is 4.98 Å². The molecule has 128 valence electrons. The normalized spacial score (nSPS) is 15.2. The van der Waals surface area contributed by atoms with Crippen LogP contribution < -0.4 is 10.6 Å². The van der Waals surface area contributed by atoms with Crippen LogP contribution in [-0.4, -0.2) is 28.0 Å². The van der Waals surface area contributed by atoms with Crippen molar-refractivity contribution < 1.29 is 0 Å². The molecule has 0 amide bonds. The SMILES string of the molecule is CC(Nc1nc(-c2ccccn2)nc2c1CCNCC2)c1cccs1. The molecule has 0 saturated carbocycles. The van der Waals surface area contributed by atoms with Crippen LogP contribution in [0.25, 0.3) is 11.5 Å². The highest BCUT2D eigenvalue weighted by Gasteiger charge is 2.19. The van der Waals surface area contributed by atoms with Gasteiger partial charge in [-0.15, -0.1) is 11.3 Å². The lowest BCUT2D eigenvalue weighted by molar-refractivity contribution is 0.708. The minimum absolute atomic E-state index is 0.215. The van der Waals surface area contributed by atoms with Crippen molar-refractivity contribution in [3.8, 4) is 11.5 Å². The van der Waals surface area contributed by atoms with Crippen LogP contribution in [-0.2, 0) is 12.8 Å². The number of rotatable bonds is 4. The second-order valence-electron chi connectivity index (χ2n) is 6.17. The van der Waals surface area contributed by atoms with Crippen molar-refractivity contribution in [3.05, 3.63) is 58.0 Å². The first kappa shape index (κ1) is 16.2. The van der Waals surface area contributed by atoms with E-state index in [-0.39, 0.29) is 6.04 Å². The van der Waals surface area contributed by atoms with Gasteiger partial charge in [-0.25, -0.2) is 9.97 Å². The van der Waals surface area contributed by atoms with Gasteiger partial charge in [-0.1, -0.05) is 12.1 Å². The summed E-state index contributed by atoms with van der Waals surface area (Å²) in [5.41, 5.74) is 3.17. The Kier molecular flexibility index (Phi) is 4.72. The zero-order valence-corrected chi connectivity index (χ0v) is 15.0. The lowest BCUT2D eigenvalue weighted by Crippen LogP contribution is -2.16. The van der Waals surface area contributed by atoms with Gasteiger partial charge in [-0.05, 0) is 43.5 Å². The maximum atomic E-state index is 4.84. The number of anilines is 1. The molecular weight excluding hydrogens is 330 g/mol. The summed E-state index contributed by atoms with van der Waals surface area (Å²) in [7, 11) is 0. The number of thiophene rings is 1. The van der Waals surface area contributed by atoms with E-state index in [2.05, 4.69) is 40.1 Å². The molecule has 0 fully saturated rings. The number of aromatic nitrogens is 3. The number of hydrogen-bond acceptors (Lipinski definition) is 6. The quantitative estimate of drug-likeness (QED) is 0.754. The highest BCUT2D eigenvalue weighted by molar-refractivity contribution is 7.10. The molecule has 0 bridgehead atoms. The van der Waals surface area contributed by atoms with Crippen molar-refractivity contribution >= 4 is 17.2 Å². The van der Waals surface area contributed by atoms with E-state index < -0.39 is 0 Å². The van der Waals surface area contributed by atoms with E-state index in [0.717, 1.165) is 43.1 Å². The summed E-state index contributed by atoms with van der Waals surface area (Å²) in [6, 6.07) is 10.3. The van der Waals surface area contributed by atoms with Gasteiger partial charge in [0.05, 0.1) is 11.7 Å². The van der Waals surface area contributed by atoms with Crippen LogP contribution in [0.4, 0.5) is 5.82 Å². The first-order chi connectivity index (χ1) is 12.3. The zero-order chi connectivity index (χ0) is 17.1. The lowest BCUT2D eigenvalue weighted by Gasteiger charge is -2.18. The minimum atomic E-state index is 0.215. The van der Waals surface area contributed by atoms with Crippen LogP contribution in [0, 0.1) is 0 Å². The Morgan fingerprint density at radius 1 is 1.12 bits per heavy atom. The molecule has 0 aromatic carbocycles. The van der Waals surface area contributed by atoms with Crippen LogP contribution in [0.2, 0.25) is 0 Å². The Morgan fingerprint density at radius 3 is 2.84 bits per heavy atom. The second kappa shape index (κ2) is 7.29. The van der Waals surface area contributed by atoms with E-state index in [1.54, 1.807) is 17.5 Å². The predicted molar refractivity (Wildman–Crippen MR) is 102 cm³/mol. The molecule has 1 atom stereocenters. The maximum Gasteiger partial charge on any atom is 0.180 e. The summed E-state index contributed by atoms with van der Waals surface area (Å²) < 4.78 is 0. The third-order valence-electron chi connectivity index (χ3n) is 4.40. The summed E-state index contributed by atoms with van der Waals surface area (Å²) >= 11 is 1.76. The van der Waals surface area contributed by atoms with Gasteiger partial charge in [-0.2, -0.15) is 0 Å². The monoisotopic (exact) mass is 351 g/mol. The van der Waals surface area contributed by atoms with Crippen LogP contribution in [0.1, 0.15) is 29.1 Å². The number of pyridine rings is 1. The van der Waals surface area contributed by atoms with E-state index in [9.17, 15) is 0 Å². The van der Waals surface area contributed by atoms with E-state index in [1.165, 1.54) is 10.4 Å². The fraction of sp³-hybridized carbons (Fsp3) is 0.316. The zero-order valence-electron chi connectivity index (χ0n) is 14.2. The lowest BCUT2D eigenvalue weighted by atomic mass is 10.1. The van der Waals surface area contributed by atoms with Crippen LogP contribution in [0.5, 0.6) is 0 Å². The molecule has 4 heterocycles. The van der Waals surface area contributed by atoms with Gasteiger partial charge in [0, 0.05) is 29.6 Å². The average molecular weight is 351 g/mol. The number of nitrogens with zero attached hydrogens (tertiary/aromatic N) is 3. The molecule has 1 aliphatic heterocycles. The average Bonchev–Trinajstić information content (AvgIpc) is 3.08. The predicted octanol–water partition coefficient (Wildman–Crippen LogP) is 3.46. The molecule has 25 heavy (non-hydrogen) atoms. The molecule has 4 rings (SSSR count). The molecule has 2 N–H and O–H groups in total. The van der Waals surface area contributed by atoms with E-state index in [1.807, 2.05) is 18.2 Å². The third-order valence-corrected chi connectivity index (χ3v) is 5.46. The second-order valence-corrected chi connectivity index (χ2v) is 7.15. The number of nitrogens with one attached hydrogen (secondary N) is 2. The summed E-state index contributed by atoms with van der Waals surface area (Å²) in [6.07, 6.45) is 3.64. The van der Waals surface area contributed by atoms with Crippen molar-refractivity contribution in [2.75, 3.05) is 18.4 Å². The fourth-order valence-corrected chi connectivity index (χ4v) is 3.82.